The summed E-state index contributed by atoms with van der Waals surface area (Å²) >= 11 is 2.05. The minimum Gasteiger partial charge on any atom is -0.193 e. The van der Waals surface area contributed by atoms with Crippen molar-refractivity contribution in [3.05, 3.63) is 20.8 Å². The molecule has 0 fully saturated rings. The predicted molar refractivity (Wildman–Crippen MR) is 49.6 cm³/mol. The molecule has 0 unspecified atom stereocenters. The van der Waals surface area contributed by atoms with Crippen LogP contribution in [-0.2, 0) is 0 Å². The Bertz CT molecular complexity index is 312. The molecule has 0 N–H and O–H groups in total. The smallest absolute Gasteiger partial charge is 0.0999 e. The second-order valence-corrected chi connectivity index (χ2v) is 3.25. The topological polar surface area (TPSA) is 47.6 Å². The normalized spacial score (nSPS) is 16.8. The average molecular weight is 256 g/mol. The molecule has 11 heavy (non-hydrogen) atoms. The summed E-state index contributed by atoms with van der Waals surface area (Å²) in [4.78, 5) is 0. The van der Waals surface area contributed by atoms with Crippen molar-refractivity contribution in [1.29, 1.82) is 10.5 Å². The fraction of sp³-hybridized carbons (Fsp3) is 0.250. The van der Waals surface area contributed by atoms with Gasteiger partial charge in [0.15, 0.2) is 0 Å². The lowest BCUT2D eigenvalue weighted by molar-refractivity contribution is 0.983. The molecule has 0 bridgehead atoms. The van der Waals surface area contributed by atoms with Crippen LogP contribution in [0.25, 0.3) is 0 Å². The fourth-order valence-corrected chi connectivity index (χ4v) is 1.65. The molecule has 0 aromatic rings. The summed E-state index contributed by atoms with van der Waals surface area (Å²) < 4.78 is 0.818. The van der Waals surface area contributed by atoms with Crippen LogP contribution < -0.4 is 0 Å². The van der Waals surface area contributed by atoms with Crippen molar-refractivity contribution in [3.8, 4) is 12.1 Å². The van der Waals surface area contributed by atoms with Crippen LogP contribution in [0.2, 0.25) is 0 Å². The molecule has 0 saturated heterocycles. The zero-order chi connectivity index (χ0) is 8.27. The van der Waals surface area contributed by atoms with Gasteiger partial charge in [0.05, 0.1) is 17.7 Å². The predicted octanol–water partition coefficient (Wildman–Crippen LogP) is 2.44. The van der Waals surface area contributed by atoms with Crippen molar-refractivity contribution in [2.75, 3.05) is 0 Å². The van der Waals surface area contributed by atoms with Gasteiger partial charge in [-0.3, -0.25) is 0 Å². The Balaban J connectivity index is 3.07. The molecule has 1 aliphatic rings. The van der Waals surface area contributed by atoms with E-state index in [2.05, 4.69) is 12.1 Å². The first-order chi connectivity index (χ1) is 5.29. The molecule has 0 aliphatic heterocycles. The molecule has 0 heterocycles. The highest BCUT2D eigenvalue weighted by atomic mass is 127. The monoisotopic (exact) mass is 256 g/mol. The van der Waals surface area contributed by atoms with Crippen molar-refractivity contribution in [2.45, 2.75) is 12.8 Å². The molecule has 0 aromatic heterocycles. The Labute approximate surface area is 79.0 Å². The van der Waals surface area contributed by atoms with Gasteiger partial charge in [-0.05, 0) is 35.4 Å². The quantitative estimate of drug-likeness (QED) is 0.625. The van der Waals surface area contributed by atoms with Crippen molar-refractivity contribution in [3.63, 3.8) is 0 Å². The van der Waals surface area contributed by atoms with E-state index in [-0.39, 0.29) is 0 Å². The average Bonchev–Trinajstić information content (AvgIpc) is 2.05. The van der Waals surface area contributed by atoms with Gasteiger partial charge in [0.2, 0.25) is 0 Å². The first-order valence-corrected chi connectivity index (χ1v) is 4.27. The minimum atomic E-state index is 0.647. The third-order valence-corrected chi connectivity index (χ3v) is 2.73. The van der Waals surface area contributed by atoms with Crippen molar-refractivity contribution < 1.29 is 0 Å². The van der Waals surface area contributed by atoms with Gasteiger partial charge < -0.3 is 0 Å². The Morgan fingerprint density at radius 1 is 1.36 bits per heavy atom. The Hall–Kier alpha value is -0.810. The summed E-state index contributed by atoms with van der Waals surface area (Å²) in [6.07, 6.45) is 3.47. The largest absolute Gasteiger partial charge is 0.193 e. The maximum atomic E-state index is 8.63. The molecule has 0 saturated carbocycles. The van der Waals surface area contributed by atoms with Gasteiger partial charge in [0, 0.05) is 9.15 Å². The van der Waals surface area contributed by atoms with Gasteiger partial charge in [-0.1, -0.05) is 6.08 Å². The summed E-state index contributed by atoms with van der Waals surface area (Å²) in [5.41, 5.74) is 1.39. The molecule has 1 aliphatic carbocycles. The second-order valence-electron chi connectivity index (χ2n) is 2.17. The van der Waals surface area contributed by atoms with Crippen LogP contribution in [0.5, 0.6) is 0 Å². The van der Waals surface area contributed by atoms with Crippen LogP contribution in [0.4, 0.5) is 0 Å². The number of nitriles is 2. The zero-order valence-electron chi connectivity index (χ0n) is 5.76. The summed E-state index contributed by atoms with van der Waals surface area (Å²) in [5, 5.41) is 17.2. The molecule has 3 heteroatoms. The van der Waals surface area contributed by atoms with Crippen LogP contribution in [0.3, 0.4) is 0 Å². The van der Waals surface area contributed by atoms with E-state index in [9.17, 15) is 0 Å². The maximum absolute atomic E-state index is 8.63. The van der Waals surface area contributed by atoms with E-state index in [0.717, 1.165) is 22.0 Å². The second kappa shape index (κ2) is 3.54. The van der Waals surface area contributed by atoms with Crippen LogP contribution in [0.1, 0.15) is 12.8 Å². The highest BCUT2D eigenvalue weighted by Crippen LogP contribution is 2.29. The standard InChI is InChI=1S/C8H5IN2/c9-8-6(4-10)2-1-3-7(8)5-11/h2H,1,3H2. The van der Waals surface area contributed by atoms with Crippen LogP contribution >= 0.6 is 22.6 Å². The summed E-state index contributed by atoms with van der Waals surface area (Å²) in [6, 6.07) is 4.16. The Kier molecular flexibility index (Phi) is 2.67. The molecule has 0 atom stereocenters. The number of halogens is 1. The number of hydrogen-bond donors (Lipinski definition) is 0. The maximum Gasteiger partial charge on any atom is 0.0999 e. The summed E-state index contributed by atoms with van der Waals surface area (Å²) in [6.45, 7) is 0. The Morgan fingerprint density at radius 3 is 2.64 bits per heavy atom. The van der Waals surface area contributed by atoms with Gasteiger partial charge >= 0.3 is 0 Å². The molecular weight excluding hydrogens is 251 g/mol. The van der Waals surface area contributed by atoms with Crippen molar-refractivity contribution in [1.82, 2.24) is 0 Å². The van der Waals surface area contributed by atoms with Gasteiger partial charge in [-0.15, -0.1) is 0 Å². The van der Waals surface area contributed by atoms with E-state index in [0.29, 0.717) is 5.57 Å². The van der Waals surface area contributed by atoms with Crippen LogP contribution in [0, 0.1) is 22.7 Å². The lowest BCUT2D eigenvalue weighted by atomic mass is 10.0. The van der Waals surface area contributed by atoms with E-state index < -0.39 is 0 Å². The lowest BCUT2D eigenvalue weighted by Crippen LogP contribution is -1.93. The van der Waals surface area contributed by atoms with E-state index in [1.54, 1.807) is 0 Å². The molecule has 54 valence electrons. The van der Waals surface area contributed by atoms with E-state index in [1.165, 1.54) is 0 Å². The minimum absolute atomic E-state index is 0.647. The SMILES string of the molecule is N#CC1=CCCC(C#N)=C1I. The van der Waals surface area contributed by atoms with E-state index >= 15 is 0 Å². The highest BCUT2D eigenvalue weighted by Gasteiger charge is 2.12. The van der Waals surface area contributed by atoms with Gasteiger partial charge in [0.25, 0.3) is 0 Å². The zero-order valence-corrected chi connectivity index (χ0v) is 7.92. The van der Waals surface area contributed by atoms with Crippen LogP contribution in [-0.4, -0.2) is 0 Å². The molecular formula is C8H5IN2. The van der Waals surface area contributed by atoms with Crippen LogP contribution in [0.15, 0.2) is 20.8 Å². The van der Waals surface area contributed by atoms with Crippen molar-refractivity contribution >= 4 is 22.6 Å². The third kappa shape index (κ3) is 1.61. The van der Waals surface area contributed by atoms with E-state index in [4.69, 9.17) is 10.5 Å². The molecule has 2 nitrogen and oxygen atoms in total. The number of rotatable bonds is 0. The molecule has 0 amide bonds. The fourth-order valence-electron chi connectivity index (χ4n) is 0.922. The number of hydrogen-bond acceptors (Lipinski definition) is 2. The number of nitrogens with zero attached hydrogens (tertiary/aromatic N) is 2. The molecule has 0 spiro atoms. The third-order valence-electron chi connectivity index (χ3n) is 1.50. The molecule has 1 rings (SSSR count). The summed E-state index contributed by atoms with van der Waals surface area (Å²) in [5.74, 6) is 0. The van der Waals surface area contributed by atoms with Gasteiger partial charge in [-0.25, -0.2) is 0 Å². The lowest BCUT2D eigenvalue weighted by Gasteiger charge is -2.06. The van der Waals surface area contributed by atoms with Gasteiger partial charge in [-0.2, -0.15) is 10.5 Å². The molecule has 0 aromatic carbocycles. The van der Waals surface area contributed by atoms with E-state index in [1.807, 2.05) is 28.7 Å². The van der Waals surface area contributed by atoms with Gasteiger partial charge in [0.1, 0.15) is 0 Å². The first kappa shape index (κ1) is 8.29. The number of allylic oxidation sites excluding steroid dienone is 4. The Morgan fingerprint density at radius 2 is 2.09 bits per heavy atom. The first-order valence-electron chi connectivity index (χ1n) is 3.19. The summed E-state index contributed by atoms with van der Waals surface area (Å²) in [7, 11) is 0. The molecule has 0 radical (unpaired) electrons. The van der Waals surface area contributed by atoms with Crippen molar-refractivity contribution in [2.24, 2.45) is 0 Å². The highest BCUT2D eigenvalue weighted by molar-refractivity contribution is 14.1.